The quantitative estimate of drug-likeness (QED) is 0.705. The number of fused-ring (bicyclic) bond motifs is 1. The number of hydrogen-bond donors (Lipinski definition) is 1. The van der Waals surface area contributed by atoms with E-state index in [1.165, 1.54) is 0 Å². The first-order valence-electron chi connectivity index (χ1n) is 7.96. The predicted molar refractivity (Wildman–Crippen MR) is 95.1 cm³/mol. The Bertz CT molecular complexity index is 883. The van der Waals surface area contributed by atoms with Crippen molar-refractivity contribution in [1.82, 2.24) is 0 Å². The summed E-state index contributed by atoms with van der Waals surface area (Å²) in [7, 11) is 0. The summed E-state index contributed by atoms with van der Waals surface area (Å²) in [6, 6.07) is 11.3. The van der Waals surface area contributed by atoms with Gasteiger partial charge in [-0.15, -0.1) is 0 Å². The largest absolute Gasteiger partial charge is 0.305 e. The van der Waals surface area contributed by atoms with Gasteiger partial charge in [0.15, 0.2) is 5.41 Å². The van der Waals surface area contributed by atoms with Gasteiger partial charge in [-0.1, -0.05) is 35.3 Å². The summed E-state index contributed by atoms with van der Waals surface area (Å²) in [5.74, 6) is -1.49. The van der Waals surface area contributed by atoms with E-state index in [0.717, 1.165) is 24.8 Å². The van der Waals surface area contributed by atoms with E-state index in [-0.39, 0.29) is 11.6 Å². The first kappa shape index (κ1) is 17.5. The standard InChI is InChI=1S/C19H14Cl2N4/c20-15-6-5-11(7-16(15)21)17-13-4-2-1-3-12(13)14(8-22)18(25)19(17,9-23)10-24/h3,5-7,13-14,17,25H,1-2,4H2/t13-,14+,17+/m1/s1. The van der Waals surface area contributed by atoms with Crippen LogP contribution in [0.3, 0.4) is 0 Å². The Morgan fingerprint density at radius 1 is 1.12 bits per heavy atom. The zero-order chi connectivity index (χ0) is 18.2. The highest BCUT2D eigenvalue weighted by atomic mass is 35.5. The number of nitrogens with one attached hydrogen (secondary N) is 1. The fourth-order valence-corrected chi connectivity index (χ4v) is 4.40. The van der Waals surface area contributed by atoms with Crippen LogP contribution in [0, 0.1) is 56.7 Å². The van der Waals surface area contributed by atoms with Gasteiger partial charge in [-0.3, -0.25) is 0 Å². The molecule has 0 saturated heterocycles. The van der Waals surface area contributed by atoms with Crippen molar-refractivity contribution in [3.05, 3.63) is 45.5 Å². The van der Waals surface area contributed by atoms with Gasteiger partial charge < -0.3 is 5.41 Å². The fraction of sp³-hybridized carbons (Fsp3) is 0.368. The number of nitriles is 3. The fourth-order valence-electron chi connectivity index (χ4n) is 4.09. The van der Waals surface area contributed by atoms with Crippen LogP contribution in [0.4, 0.5) is 0 Å². The lowest BCUT2D eigenvalue weighted by atomic mass is 9.53. The molecule has 0 radical (unpaired) electrons. The van der Waals surface area contributed by atoms with Crippen molar-refractivity contribution in [2.24, 2.45) is 17.3 Å². The Morgan fingerprint density at radius 2 is 1.84 bits per heavy atom. The molecule has 0 heterocycles. The molecule has 0 aliphatic heterocycles. The van der Waals surface area contributed by atoms with Crippen LogP contribution < -0.4 is 0 Å². The Morgan fingerprint density at radius 3 is 2.44 bits per heavy atom. The first-order valence-corrected chi connectivity index (χ1v) is 8.71. The van der Waals surface area contributed by atoms with Gasteiger partial charge in [0.1, 0.15) is 5.92 Å². The SMILES string of the molecule is N#C[C@@H]1C(=N)C(C#N)(C#N)[C@@H](c2ccc(Cl)c(Cl)c2)[C@@H]2CCCC=C12. The summed E-state index contributed by atoms with van der Waals surface area (Å²) in [5.41, 5.74) is -0.260. The van der Waals surface area contributed by atoms with Crippen molar-refractivity contribution in [2.75, 3.05) is 0 Å². The normalized spacial score (nSPS) is 27.2. The number of hydrogen-bond acceptors (Lipinski definition) is 4. The molecule has 1 saturated carbocycles. The molecule has 6 heteroatoms. The summed E-state index contributed by atoms with van der Waals surface area (Å²) < 4.78 is 0. The molecule has 0 amide bonds. The van der Waals surface area contributed by atoms with Gasteiger partial charge in [-0.2, -0.15) is 15.8 Å². The van der Waals surface area contributed by atoms with Gasteiger partial charge in [-0.05, 0) is 48.4 Å². The lowest BCUT2D eigenvalue weighted by molar-refractivity contribution is 0.320. The summed E-state index contributed by atoms with van der Waals surface area (Å²) in [6.45, 7) is 0. The van der Waals surface area contributed by atoms with E-state index < -0.39 is 17.3 Å². The highest BCUT2D eigenvalue weighted by Crippen LogP contribution is 2.55. The second-order valence-electron chi connectivity index (χ2n) is 6.40. The monoisotopic (exact) mass is 368 g/mol. The lowest BCUT2D eigenvalue weighted by Crippen LogP contribution is -2.48. The van der Waals surface area contributed by atoms with Gasteiger partial charge in [0, 0.05) is 5.92 Å². The van der Waals surface area contributed by atoms with E-state index in [4.69, 9.17) is 28.6 Å². The van der Waals surface area contributed by atoms with Crippen LogP contribution in [-0.4, -0.2) is 5.71 Å². The Balaban J connectivity index is 2.27. The minimum Gasteiger partial charge on any atom is -0.305 e. The van der Waals surface area contributed by atoms with E-state index >= 15 is 0 Å². The number of benzene rings is 1. The van der Waals surface area contributed by atoms with E-state index in [0.29, 0.717) is 15.6 Å². The van der Waals surface area contributed by atoms with Gasteiger partial charge in [-0.25, -0.2) is 0 Å². The average Bonchev–Trinajstić information content (AvgIpc) is 2.63. The van der Waals surface area contributed by atoms with Crippen LogP contribution in [0.1, 0.15) is 30.7 Å². The second-order valence-corrected chi connectivity index (χ2v) is 7.21. The van der Waals surface area contributed by atoms with Crippen molar-refractivity contribution in [3.8, 4) is 18.2 Å². The van der Waals surface area contributed by atoms with Gasteiger partial charge in [0.05, 0.1) is 34.0 Å². The molecule has 1 aromatic rings. The van der Waals surface area contributed by atoms with Gasteiger partial charge >= 0.3 is 0 Å². The number of halogens is 2. The first-order chi connectivity index (χ1) is 12.0. The topological polar surface area (TPSA) is 95.2 Å². The third-order valence-electron chi connectivity index (χ3n) is 5.23. The number of rotatable bonds is 1. The molecule has 2 aliphatic carbocycles. The minimum atomic E-state index is -1.68. The third kappa shape index (κ3) is 2.52. The highest BCUT2D eigenvalue weighted by Gasteiger charge is 2.57. The molecule has 1 fully saturated rings. The maximum absolute atomic E-state index is 9.87. The molecule has 0 unspecified atom stereocenters. The maximum Gasteiger partial charge on any atom is 0.189 e. The molecule has 1 N–H and O–H groups in total. The van der Waals surface area contributed by atoms with Gasteiger partial charge in [0.25, 0.3) is 0 Å². The number of nitrogens with zero attached hydrogens (tertiary/aromatic N) is 3. The molecular weight excluding hydrogens is 355 g/mol. The maximum atomic E-state index is 9.87. The molecular formula is C19H14Cl2N4. The summed E-state index contributed by atoms with van der Waals surface area (Å²) in [5, 5.41) is 38.5. The zero-order valence-corrected chi connectivity index (χ0v) is 14.8. The van der Waals surface area contributed by atoms with E-state index in [1.54, 1.807) is 18.2 Å². The van der Waals surface area contributed by atoms with Crippen LogP contribution in [-0.2, 0) is 0 Å². The Hall–Kier alpha value is -2.32. The summed E-state index contributed by atoms with van der Waals surface area (Å²) >= 11 is 12.2. The van der Waals surface area contributed by atoms with Gasteiger partial charge in [0.2, 0.25) is 0 Å². The van der Waals surface area contributed by atoms with Crippen LogP contribution in [0.15, 0.2) is 29.8 Å². The van der Waals surface area contributed by atoms with Crippen LogP contribution in [0.2, 0.25) is 10.0 Å². The second kappa shape index (κ2) is 6.53. The smallest absolute Gasteiger partial charge is 0.189 e. The third-order valence-corrected chi connectivity index (χ3v) is 5.97. The highest BCUT2D eigenvalue weighted by molar-refractivity contribution is 6.42. The molecule has 3 rings (SSSR count). The van der Waals surface area contributed by atoms with E-state index in [9.17, 15) is 15.8 Å². The van der Waals surface area contributed by atoms with Crippen molar-refractivity contribution < 1.29 is 0 Å². The van der Waals surface area contributed by atoms with Crippen molar-refractivity contribution in [3.63, 3.8) is 0 Å². The van der Waals surface area contributed by atoms with Crippen molar-refractivity contribution >= 4 is 28.9 Å². The molecule has 0 aromatic heterocycles. The predicted octanol–water partition coefficient (Wildman–Crippen LogP) is 5.01. The molecule has 4 nitrogen and oxygen atoms in total. The van der Waals surface area contributed by atoms with E-state index in [2.05, 4.69) is 18.2 Å². The summed E-state index contributed by atoms with van der Waals surface area (Å²) in [6.07, 6.45) is 4.54. The van der Waals surface area contributed by atoms with Crippen molar-refractivity contribution in [2.45, 2.75) is 25.2 Å². The molecule has 124 valence electrons. The Kier molecular flexibility index (Phi) is 4.57. The molecule has 3 atom stereocenters. The molecule has 0 bridgehead atoms. The minimum absolute atomic E-state index is 0.135. The lowest BCUT2D eigenvalue weighted by Gasteiger charge is -2.45. The molecule has 1 aromatic carbocycles. The van der Waals surface area contributed by atoms with Crippen LogP contribution >= 0.6 is 23.2 Å². The van der Waals surface area contributed by atoms with Crippen molar-refractivity contribution in [1.29, 1.82) is 21.2 Å². The molecule has 0 spiro atoms. The van der Waals surface area contributed by atoms with E-state index in [1.807, 2.05) is 6.08 Å². The number of allylic oxidation sites excluding steroid dienone is 2. The summed E-state index contributed by atoms with van der Waals surface area (Å²) in [4.78, 5) is 0. The molecule has 25 heavy (non-hydrogen) atoms. The molecule has 2 aliphatic rings. The van der Waals surface area contributed by atoms with Crippen LogP contribution in [0.25, 0.3) is 0 Å². The van der Waals surface area contributed by atoms with Crippen LogP contribution in [0.5, 0.6) is 0 Å². The Labute approximate surface area is 156 Å². The zero-order valence-electron chi connectivity index (χ0n) is 13.3. The average molecular weight is 369 g/mol.